The Kier molecular flexibility index (Phi) is 7.82. The zero-order valence-corrected chi connectivity index (χ0v) is 24.5. The number of carbonyl (C=O) groups excluding carboxylic acids is 2. The van der Waals surface area contributed by atoms with Gasteiger partial charge in [0.2, 0.25) is 0 Å². The summed E-state index contributed by atoms with van der Waals surface area (Å²) >= 11 is 0. The van der Waals surface area contributed by atoms with E-state index in [0.29, 0.717) is 67.2 Å². The smallest absolute Gasteiger partial charge is 0.343 e. The summed E-state index contributed by atoms with van der Waals surface area (Å²) in [6, 6.07) is 47.1. The van der Waals surface area contributed by atoms with Crippen LogP contribution in [0.5, 0.6) is 34.5 Å². The Morgan fingerprint density at radius 1 is 0.326 bits per heavy atom. The molecule has 6 nitrogen and oxygen atoms in total. The van der Waals surface area contributed by atoms with Crippen LogP contribution in [0.3, 0.4) is 0 Å². The minimum Gasteiger partial charge on any atom is -0.457 e. The largest absolute Gasteiger partial charge is 0.457 e. The molecule has 0 saturated heterocycles. The molecule has 0 spiro atoms. The van der Waals surface area contributed by atoms with Crippen LogP contribution in [0.15, 0.2) is 158 Å². The first kappa shape index (κ1) is 28.4. The SMILES string of the molecule is O=C(Oc1c2ccccc2c(OC(=O)c2ccc(Oc3ccccc3)cc2)c2ccccc12)c1ccc(Oc2ccccc2)cc1. The molecule has 0 bridgehead atoms. The highest BCUT2D eigenvalue weighted by molar-refractivity contribution is 6.13. The van der Waals surface area contributed by atoms with Crippen molar-refractivity contribution >= 4 is 33.5 Å². The fraction of sp³-hybridized carbons (Fsp3) is 0. The maximum Gasteiger partial charge on any atom is 0.343 e. The van der Waals surface area contributed by atoms with Crippen molar-refractivity contribution in [2.75, 3.05) is 0 Å². The number of carbonyl (C=O) groups is 2. The highest BCUT2D eigenvalue weighted by Gasteiger charge is 2.21. The van der Waals surface area contributed by atoms with Gasteiger partial charge in [-0.2, -0.15) is 0 Å². The second kappa shape index (κ2) is 12.7. The molecule has 0 saturated carbocycles. The summed E-state index contributed by atoms with van der Waals surface area (Å²) < 4.78 is 23.8. The van der Waals surface area contributed by atoms with E-state index in [-0.39, 0.29) is 0 Å². The molecule has 0 atom stereocenters. The minimum atomic E-state index is -0.524. The summed E-state index contributed by atoms with van der Waals surface area (Å²) in [7, 11) is 0. The molecule has 7 aromatic carbocycles. The van der Waals surface area contributed by atoms with Crippen LogP contribution in [0.25, 0.3) is 21.5 Å². The predicted molar refractivity (Wildman–Crippen MR) is 177 cm³/mol. The number of rotatable bonds is 8. The highest BCUT2D eigenvalue weighted by Crippen LogP contribution is 2.43. The molecule has 0 amide bonds. The zero-order valence-electron chi connectivity index (χ0n) is 24.5. The van der Waals surface area contributed by atoms with Gasteiger partial charge in [-0.05, 0) is 72.8 Å². The third-order valence-electron chi connectivity index (χ3n) is 7.36. The molecule has 46 heavy (non-hydrogen) atoms. The Balaban J connectivity index is 1.16. The van der Waals surface area contributed by atoms with Crippen molar-refractivity contribution in [3.8, 4) is 34.5 Å². The van der Waals surface area contributed by atoms with Crippen molar-refractivity contribution in [3.05, 3.63) is 169 Å². The molecule has 0 unspecified atom stereocenters. The summed E-state index contributed by atoms with van der Waals surface area (Å²) in [5, 5.41) is 2.53. The number of para-hydroxylation sites is 2. The van der Waals surface area contributed by atoms with Crippen LogP contribution in [0.4, 0.5) is 0 Å². The minimum absolute atomic E-state index is 0.365. The lowest BCUT2D eigenvalue weighted by Gasteiger charge is -2.16. The van der Waals surface area contributed by atoms with E-state index < -0.39 is 11.9 Å². The Bertz CT molecular complexity index is 1940. The van der Waals surface area contributed by atoms with Crippen LogP contribution in [-0.4, -0.2) is 11.9 Å². The quantitative estimate of drug-likeness (QED) is 0.0979. The lowest BCUT2D eigenvalue weighted by Crippen LogP contribution is -2.11. The zero-order chi connectivity index (χ0) is 31.3. The van der Waals surface area contributed by atoms with Gasteiger partial charge in [-0.1, -0.05) is 84.9 Å². The number of esters is 2. The lowest BCUT2D eigenvalue weighted by molar-refractivity contribution is 0.0726. The van der Waals surface area contributed by atoms with E-state index in [4.69, 9.17) is 18.9 Å². The summed E-state index contributed by atoms with van der Waals surface area (Å²) in [5.74, 6) is 2.31. The molecule has 0 aliphatic rings. The number of hydrogen-bond donors (Lipinski definition) is 0. The number of hydrogen-bond acceptors (Lipinski definition) is 6. The van der Waals surface area contributed by atoms with Gasteiger partial charge in [-0.25, -0.2) is 9.59 Å². The second-order valence-corrected chi connectivity index (χ2v) is 10.4. The van der Waals surface area contributed by atoms with Crippen LogP contribution >= 0.6 is 0 Å². The van der Waals surface area contributed by atoms with Gasteiger partial charge in [-0.15, -0.1) is 0 Å². The van der Waals surface area contributed by atoms with Crippen LogP contribution in [0.1, 0.15) is 20.7 Å². The Morgan fingerprint density at radius 2 is 0.609 bits per heavy atom. The standard InChI is InChI=1S/C40H26O6/c41-39(27-19-23-31(24-20-27)43-29-11-3-1-4-12-29)45-37-33-15-7-9-17-35(33)38(36-18-10-8-16-34(36)37)46-40(42)28-21-25-32(26-22-28)44-30-13-5-2-6-14-30/h1-26H. The lowest BCUT2D eigenvalue weighted by atomic mass is 10.0. The molecule has 6 heteroatoms. The number of fused-ring (bicyclic) bond motifs is 2. The van der Waals surface area contributed by atoms with Gasteiger partial charge >= 0.3 is 11.9 Å². The van der Waals surface area contributed by atoms with Crippen LogP contribution in [-0.2, 0) is 0 Å². The Hall–Kier alpha value is -6.40. The molecule has 0 fully saturated rings. The third-order valence-corrected chi connectivity index (χ3v) is 7.36. The van der Waals surface area contributed by atoms with E-state index in [1.165, 1.54) is 0 Å². The second-order valence-electron chi connectivity index (χ2n) is 10.4. The molecule has 0 N–H and O–H groups in total. The van der Waals surface area contributed by atoms with Crippen LogP contribution in [0.2, 0.25) is 0 Å². The first-order chi connectivity index (χ1) is 22.6. The normalized spacial score (nSPS) is 10.8. The summed E-state index contributed by atoms with van der Waals surface area (Å²) in [5.41, 5.74) is 0.729. The molecule has 222 valence electrons. The van der Waals surface area contributed by atoms with E-state index in [1.54, 1.807) is 48.5 Å². The van der Waals surface area contributed by atoms with Crippen LogP contribution < -0.4 is 18.9 Å². The van der Waals surface area contributed by atoms with Crippen molar-refractivity contribution in [1.82, 2.24) is 0 Å². The van der Waals surface area contributed by atoms with Crippen molar-refractivity contribution in [3.63, 3.8) is 0 Å². The van der Waals surface area contributed by atoms with E-state index in [1.807, 2.05) is 109 Å². The highest BCUT2D eigenvalue weighted by atomic mass is 16.5. The fourth-order valence-corrected chi connectivity index (χ4v) is 5.14. The molecule has 7 rings (SSSR count). The molecule has 0 aromatic heterocycles. The van der Waals surface area contributed by atoms with Gasteiger partial charge in [-0.3, -0.25) is 0 Å². The molecular weight excluding hydrogens is 576 g/mol. The maximum atomic E-state index is 13.4. The van der Waals surface area contributed by atoms with Gasteiger partial charge in [0.1, 0.15) is 34.5 Å². The van der Waals surface area contributed by atoms with Gasteiger partial charge in [0.15, 0.2) is 0 Å². The third kappa shape index (κ3) is 6.00. The topological polar surface area (TPSA) is 71.1 Å². The van der Waals surface area contributed by atoms with Crippen molar-refractivity contribution in [2.45, 2.75) is 0 Å². The molecule has 0 aliphatic heterocycles. The predicted octanol–water partition coefficient (Wildman–Crippen LogP) is 10.0. The van der Waals surface area contributed by atoms with Gasteiger partial charge in [0, 0.05) is 21.5 Å². The summed E-state index contributed by atoms with van der Waals surface area (Å²) in [6.07, 6.45) is 0. The van der Waals surface area contributed by atoms with E-state index in [9.17, 15) is 9.59 Å². The van der Waals surface area contributed by atoms with E-state index >= 15 is 0 Å². The first-order valence-corrected chi connectivity index (χ1v) is 14.7. The molecule has 0 heterocycles. The van der Waals surface area contributed by atoms with E-state index in [2.05, 4.69) is 0 Å². The molecule has 7 aromatic rings. The molecule has 0 radical (unpaired) electrons. The van der Waals surface area contributed by atoms with Crippen molar-refractivity contribution < 1.29 is 28.5 Å². The summed E-state index contributed by atoms with van der Waals surface area (Å²) in [6.45, 7) is 0. The molecular formula is C40H26O6. The Labute approximate surface area is 265 Å². The van der Waals surface area contributed by atoms with Crippen LogP contribution in [0, 0.1) is 0 Å². The first-order valence-electron chi connectivity index (χ1n) is 14.7. The average molecular weight is 603 g/mol. The van der Waals surface area contributed by atoms with Gasteiger partial charge in [0.05, 0.1) is 11.1 Å². The monoisotopic (exact) mass is 602 g/mol. The number of ether oxygens (including phenoxy) is 4. The van der Waals surface area contributed by atoms with Crippen molar-refractivity contribution in [2.24, 2.45) is 0 Å². The molecule has 0 aliphatic carbocycles. The van der Waals surface area contributed by atoms with Crippen molar-refractivity contribution in [1.29, 1.82) is 0 Å². The number of benzene rings is 7. The Morgan fingerprint density at radius 3 is 0.935 bits per heavy atom. The average Bonchev–Trinajstić information content (AvgIpc) is 3.11. The van der Waals surface area contributed by atoms with Gasteiger partial charge in [0.25, 0.3) is 0 Å². The summed E-state index contributed by atoms with van der Waals surface area (Å²) in [4.78, 5) is 26.8. The van der Waals surface area contributed by atoms with Gasteiger partial charge < -0.3 is 18.9 Å². The maximum absolute atomic E-state index is 13.4. The fourth-order valence-electron chi connectivity index (χ4n) is 5.14. The van der Waals surface area contributed by atoms with E-state index in [0.717, 1.165) is 0 Å².